The Hall–Kier alpha value is -2.04. The second-order valence-electron chi connectivity index (χ2n) is 6.51. The number of amides is 2. The Morgan fingerprint density at radius 3 is 2.00 bits per heavy atom. The zero-order valence-corrected chi connectivity index (χ0v) is 14.8. The molecule has 0 aromatic heterocycles. The second kappa shape index (κ2) is 8.56. The lowest BCUT2D eigenvalue weighted by atomic mass is 10.0. The SMILES string of the molecule is Cc1ccc(C(C)NC(=O)C(OC(=O)NC(C)C)C(C)C)cc1. The van der Waals surface area contributed by atoms with Gasteiger partial charge in [0.2, 0.25) is 0 Å². The van der Waals surface area contributed by atoms with Crippen molar-refractivity contribution in [1.29, 1.82) is 0 Å². The van der Waals surface area contributed by atoms with Crippen LogP contribution in [0.25, 0.3) is 0 Å². The van der Waals surface area contributed by atoms with Gasteiger partial charge in [0.1, 0.15) is 0 Å². The highest BCUT2D eigenvalue weighted by molar-refractivity contribution is 5.84. The number of nitrogens with one attached hydrogen (secondary N) is 2. The van der Waals surface area contributed by atoms with Crippen LogP contribution in [-0.4, -0.2) is 24.1 Å². The van der Waals surface area contributed by atoms with Crippen molar-refractivity contribution in [2.24, 2.45) is 5.92 Å². The van der Waals surface area contributed by atoms with Gasteiger partial charge < -0.3 is 15.4 Å². The van der Waals surface area contributed by atoms with Crippen molar-refractivity contribution in [3.8, 4) is 0 Å². The lowest BCUT2D eigenvalue weighted by Gasteiger charge is -2.24. The molecule has 0 saturated carbocycles. The quantitative estimate of drug-likeness (QED) is 0.845. The average molecular weight is 320 g/mol. The zero-order chi connectivity index (χ0) is 17.6. The largest absolute Gasteiger partial charge is 0.436 e. The third-order valence-corrected chi connectivity index (χ3v) is 3.44. The van der Waals surface area contributed by atoms with Gasteiger partial charge in [0.15, 0.2) is 6.10 Å². The maximum absolute atomic E-state index is 12.4. The molecule has 1 rings (SSSR count). The third-order valence-electron chi connectivity index (χ3n) is 3.44. The Morgan fingerprint density at radius 1 is 0.957 bits per heavy atom. The molecule has 0 aliphatic carbocycles. The molecule has 0 aliphatic heterocycles. The first kappa shape index (κ1) is 19.0. The maximum Gasteiger partial charge on any atom is 0.408 e. The van der Waals surface area contributed by atoms with E-state index in [0.29, 0.717) is 0 Å². The number of hydrogen-bond acceptors (Lipinski definition) is 3. The molecule has 2 N–H and O–H groups in total. The van der Waals surface area contributed by atoms with Crippen molar-refractivity contribution in [1.82, 2.24) is 10.6 Å². The second-order valence-corrected chi connectivity index (χ2v) is 6.51. The number of benzene rings is 1. The van der Waals surface area contributed by atoms with Crippen molar-refractivity contribution in [3.63, 3.8) is 0 Å². The molecule has 5 nitrogen and oxygen atoms in total. The van der Waals surface area contributed by atoms with Gasteiger partial charge in [0, 0.05) is 6.04 Å². The number of ether oxygens (including phenoxy) is 1. The predicted octanol–water partition coefficient (Wildman–Crippen LogP) is 3.33. The summed E-state index contributed by atoms with van der Waals surface area (Å²) in [5, 5.41) is 5.54. The van der Waals surface area contributed by atoms with Crippen molar-refractivity contribution < 1.29 is 14.3 Å². The summed E-state index contributed by atoms with van der Waals surface area (Å²) in [5.41, 5.74) is 2.18. The van der Waals surface area contributed by atoms with Crippen molar-refractivity contribution in [2.75, 3.05) is 0 Å². The summed E-state index contributed by atoms with van der Waals surface area (Å²) in [5.74, 6) is -0.398. The molecule has 0 fully saturated rings. The van der Waals surface area contributed by atoms with Gasteiger partial charge in [-0.1, -0.05) is 43.7 Å². The van der Waals surface area contributed by atoms with Crippen molar-refractivity contribution in [3.05, 3.63) is 35.4 Å². The number of carbonyl (C=O) groups is 2. The fourth-order valence-corrected chi connectivity index (χ4v) is 2.11. The van der Waals surface area contributed by atoms with Gasteiger partial charge in [-0.15, -0.1) is 0 Å². The Bertz CT molecular complexity index is 524. The van der Waals surface area contributed by atoms with Crippen LogP contribution in [0, 0.1) is 12.8 Å². The smallest absolute Gasteiger partial charge is 0.408 e. The van der Waals surface area contributed by atoms with Crippen LogP contribution in [0.4, 0.5) is 4.79 Å². The third kappa shape index (κ3) is 6.30. The Kier molecular flexibility index (Phi) is 7.07. The Morgan fingerprint density at radius 2 is 1.52 bits per heavy atom. The monoisotopic (exact) mass is 320 g/mol. The van der Waals surface area contributed by atoms with Gasteiger partial charge >= 0.3 is 6.09 Å². The molecule has 2 unspecified atom stereocenters. The van der Waals surface area contributed by atoms with Crippen LogP contribution in [0.2, 0.25) is 0 Å². The fraction of sp³-hybridized carbons (Fsp3) is 0.556. The van der Waals surface area contributed by atoms with Gasteiger partial charge in [-0.05, 0) is 39.2 Å². The van der Waals surface area contributed by atoms with Crippen LogP contribution in [0.1, 0.15) is 51.8 Å². The predicted molar refractivity (Wildman–Crippen MR) is 91.1 cm³/mol. The van der Waals surface area contributed by atoms with Gasteiger partial charge in [0.25, 0.3) is 5.91 Å². The first-order valence-corrected chi connectivity index (χ1v) is 8.04. The van der Waals surface area contributed by atoms with Gasteiger partial charge in [0.05, 0.1) is 6.04 Å². The van der Waals surface area contributed by atoms with E-state index in [9.17, 15) is 9.59 Å². The molecule has 0 radical (unpaired) electrons. The summed E-state index contributed by atoms with van der Waals surface area (Å²) in [4.78, 5) is 24.2. The first-order valence-electron chi connectivity index (χ1n) is 8.04. The van der Waals surface area contributed by atoms with Gasteiger partial charge in [-0.25, -0.2) is 4.79 Å². The first-order chi connectivity index (χ1) is 10.7. The normalized spacial score (nSPS) is 13.6. The van der Waals surface area contributed by atoms with Crippen LogP contribution in [0.5, 0.6) is 0 Å². The highest BCUT2D eigenvalue weighted by Crippen LogP contribution is 2.15. The Balaban J connectivity index is 2.70. The number of hydrogen-bond donors (Lipinski definition) is 2. The molecule has 1 aromatic carbocycles. The molecule has 2 atom stereocenters. The van der Waals surface area contributed by atoms with E-state index in [1.807, 2.05) is 65.8 Å². The van der Waals surface area contributed by atoms with Crippen LogP contribution in [0.3, 0.4) is 0 Å². The molecule has 128 valence electrons. The molecule has 2 amide bonds. The average Bonchev–Trinajstić information content (AvgIpc) is 2.44. The lowest BCUT2D eigenvalue weighted by molar-refractivity contribution is -0.132. The van der Waals surface area contributed by atoms with Crippen LogP contribution < -0.4 is 10.6 Å². The summed E-state index contributed by atoms with van der Waals surface area (Å²) in [6.45, 7) is 11.3. The molecule has 0 spiro atoms. The number of carbonyl (C=O) groups excluding carboxylic acids is 2. The highest BCUT2D eigenvalue weighted by atomic mass is 16.6. The van der Waals surface area contributed by atoms with Crippen molar-refractivity contribution >= 4 is 12.0 Å². The van der Waals surface area contributed by atoms with Crippen LogP contribution in [-0.2, 0) is 9.53 Å². The van der Waals surface area contributed by atoms with E-state index in [1.165, 1.54) is 5.56 Å². The van der Waals surface area contributed by atoms with Crippen molar-refractivity contribution in [2.45, 2.75) is 59.7 Å². The van der Waals surface area contributed by atoms with E-state index in [2.05, 4.69) is 10.6 Å². The molecule has 0 heterocycles. The molecular weight excluding hydrogens is 292 g/mol. The molecular formula is C18H28N2O3. The van der Waals surface area contributed by atoms with E-state index in [-0.39, 0.29) is 23.9 Å². The summed E-state index contributed by atoms with van der Waals surface area (Å²) in [7, 11) is 0. The van der Waals surface area contributed by atoms with Crippen LogP contribution >= 0.6 is 0 Å². The Labute approximate surface area is 138 Å². The molecule has 0 aliphatic rings. The summed E-state index contributed by atoms with van der Waals surface area (Å²) < 4.78 is 5.28. The minimum atomic E-state index is -0.818. The molecule has 23 heavy (non-hydrogen) atoms. The number of aryl methyl sites for hydroxylation is 1. The van der Waals surface area contributed by atoms with E-state index in [0.717, 1.165) is 5.56 Å². The minimum Gasteiger partial charge on any atom is -0.436 e. The summed E-state index contributed by atoms with van der Waals surface area (Å²) in [6.07, 6.45) is -1.39. The molecule has 5 heteroatoms. The summed E-state index contributed by atoms with van der Waals surface area (Å²) >= 11 is 0. The maximum atomic E-state index is 12.4. The topological polar surface area (TPSA) is 67.4 Å². The molecule has 1 aromatic rings. The van der Waals surface area contributed by atoms with Crippen LogP contribution in [0.15, 0.2) is 24.3 Å². The van der Waals surface area contributed by atoms with Gasteiger partial charge in [-0.3, -0.25) is 4.79 Å². The van der Waals surface area contributed by atoms with E-state index >= 15 is 0 Å². The highest BCUT2D eigenvalue weighted by Gasteiger charge is 2.27. The molecule has 0 bridgehead atoms. The number of rotatable bonds is 6. The van der Waals surface area contributed by atoms with E-state index in [1.54, 1.807) is 0 Å². The summed E-state index contributed by atoms with van der Waals surface area (Å²) in [6, 6.07) is 7.79. The van der Waals surface area contributed by atoms with Gasteiger partial charge in [-0.2, -0.15) is 0 Å². The van der Waals surface area contributed by atoms with E-state index < -0.39 is 12.2 Å². The lowest BCUT2D eigenvalue weighted by Crippen LogP contribution is -2.44. The van der Waals surface area contributed by atoms with E-state index in [4.69, 9.17) is 4.74 Å². The molecule has 0 saturated heterocycles. The minimum absolute atomic E-state index is 0.0372. The number of alkyl carbamates (subject to hydrolysis) is 1. The fourth-order valence-electron chi connectivity index (χ4n) is 2.11. The zero-order valence-electron chi connectivity index (χ0n) is 14.8. The standard InChI is InChI=1S/C18H28N2O3/c1-11(2)16(23-18(22)19-12(3)4)17(21)20-14(6)15-9-7-13(5)8-10-15/h7-12,14,16H,1-6H3,(H,19,22)(H,20,21).